The van der Waals surface area contributed by atoms with Gasteiger partial charge in [0.15, 0.2) is 0 Å². The average molecular weight is 158 g/mol. The van der Waals surface area contributed by atoms with Crippen molar-refractivity contribution < 1.29 is 4.21 Å². The zero-order valence-corrected chi connectivity index (χ0v) is 6.77. The van der Waals surface area contributed by atoms with Crippen LogP contribution in [0.4, 0.5) is 0 Å². The molecule has 1 rings (SSSR count). The van der Waals surface area contributed by atoms with Gasteiger partial charge in [-0.1, -0.05) is 0 Å². The quantitative estimate of drug-likeness (QED) is 0.528. The van der Waals surface area contributed by atoms with E-state index in [1.54, 1.807) is 6.92 Å². The van der Waals surface area contributed by atoms with Crippen molar-refractivity contribution in [3.8, 4) is 6.07 Å². The molecule has 0 amide bonds. The molecule has 0 spiro atoms. The summed E-state index contributed by atoms with van der Waals surface area (Å²) in [6.07, 6.45) is 1.62. The predicted octanol–water partition coefficient (Wildman–Crippen LogP) is 0.727. The van der Waals surface area contributed by atoms with Gasteiger partial charge < -0.3 is 0 Å². The molecule has 0 saturated heterocycles. The van der Waals surface area contributed by atoms with Crippen molar-refractivity contribution in [2.45, 2.75) is 24.5 Å². The third kappa shape index (κ3) is 1.14. The number of thiol groups is 1. The first-order chi connectivity index (χ1) is 4.69. The van der Waals surface area contributed by atoms with Gasteiger partial charge in [0.05, 0.1) is 16.7 Å². The summed E-state index contributed by atoms with van der Waals surface area (Å²) in [5.41, 5.74) is 0. The highest BCUT2D eigenvalue weighted by Gasteiger charge is 2.27. The van der Waals surface area contributed by atoms with Crippen LogP contribution in [0.25, 0.3) is 0 Å². The minimum atomic E-state index is -1.62. The summed E-state index contributed by atoms with van der Waals surface area (Å²) < 4.78 is 14.3. The Balaban J connectivity index is 2.99. The second-order valence-electron chi connectivity index (χ2n) is 2.63. The van der Waals surface area contributed by atoms with Crippen molar-refractivity contribution in [3.63, 3.8) is 0 Å². The second kappa shape index (κ2) is 2.59. The molecule has 2 atom stereocenters. The highest BCUT2D eigenvalue weighted by Crippen LogP contribution is 2.20. The van der Waals surface area contributed by atoms with Gasteiger partial charge in [-0.3, -0.25) is 4.21 Å². The van der Waals surface area contributed by atoms with Crippen LogP contribution in [0.5, 0.6) is 0 Å². The van der Waals surface area contributed by atoms with Gasteiger partial charge in [0.25, 0.3) is 0 Å². The van der Waals surface area contributed by atoms with Crippen LogP contribution in [0.3, 0.4) is 0 Å². The Bertz CT molecular complexity index is 249. The minimum absolute atomic E-state index is 0.659. The zero-order chi connectivity index (χ0) is 7.61. The molecule has 1 heterocycles. The predicted molar refractivity (Wildman–Crippen MR) is 40.1 cm³/mol. The largest absolute Gasteiger partial charge is 0.251 e. The fourth-order valence-corrected chi connectivity index (χ4v) is 2.01. The monoisotopic (exact) mass is 158 g/mol. The molecule has 1 aliphatic rings. The Morgan fingerprint density at radius 1 is 1.80 bits per heavy atom. The molecule has 56 valence electrons. The van der Waals surface area contributed by atoms with Crippen molar-refractivity contribution in [3.05, 3.63) is 0 Å². The molecule has 3 nitrogen and oxygen atoms in total. The lowest BCUT2D eigenvalue weighted by molar-refractivity contribution is 0.599. The van der Waals surface area contributed by atoms with Gasteiger partial charge in [0.2, 0.25) is 0 Å². The first-order valence-corrected chi connectivity index (χ1v) is 4.46. The fraction of sp³-hybridized carbons (Fsp3) is 0.833. The smallest absolute Gasteiger partial charge is 0.135 e. The zero-order valence-electron chi connectivity index (χ0n) is 5.87. The number of nitriles is 1. The Morgan fingerprint density at radius 3 is 2.90 bits per heavy atom. The lowest BCUT2D eigenvalue weighted by Crippen LogP contribution is -2.27. The van der Waals surface area contributed by atoms with Gasteiger partial charge in [-0.15, -0.1) is 0 Å². The topological polar surface area (TPSA) is 53.2 Å². The van der Waals surface area contributed by atoms with Crippen molar-refractivity contribution in [2.24, 2.45) is 4.36 Å². The molecule has 0 aromatic heterocycles. The van der Waals surface area contributed by atoms with Crippen molar-refractivity contribution >= 4 is 10.6 Å². The first kappa shape index (κ1) is 7.55. The van der Waals surface area contributed by atoms with Gasteiger partial charge in [0, 0.05) is 6.54 Å². The van der Waals surface area contributed by atoms with Crippen molar-refractivity contribution in [1.82, 2.24) is 0 Å². The van der Waals surface area contributed by atoms with Crippen LogP contribution in [0.1, 0.15) is 19.8 Å². The summed E-state index contributed by atoms with van der Waals surface area (Å²) in [4.78, 5) is 0. The third-order valence-electron chi connectivity index (χ3n) is 1.71. The summed E-state index contributed by atoms with van der Waals surface area (Å²) in [5.74, 6) is 0. The molecule has 0 fully saturated rings. The van der Waals surface area contributed by atoms with E-state index in [4.69, 9.17) is 5.26 Å². The van der Waals surface area contributed by atoms with E-state index in [1.807, 2.05) is 0 Å². The van der Waals surface area contributed by atoms with Gasteiger partial charge in [-0.05, 0) is 19.8 Å². The standard InChI is InChI=1S/C6H10N2OS/c1-6(5-7)3-2-4-8-10(6)9/h10H,2-4H2,1H3/t6-/m0/s1. The number of hydrogen-bond acceptors (Lipinski definition) is 3. The summed E-state index contributed by atoms with van der Waals surface area (Å²) in [7, 11) is -1.62. The number of rotatable bonds is 0. The third-order valence-corrected chi connectivity index (χ3v) is 3.34. The van der Waals surface area contributed by atoms with E-state index >= 15 is 0 Å². The van der Waals surface area contributed by atoms with E-state index < -0.39 is 15.3 Å². The van der Waals surface area contributed by atoms with Crippen LogP contribution in [-0.2, 0) is 10.6 Å². The van der Waals surface area contributed by atoms with Crippen molar-refractivity contribution in [1.29, 1.82) is 5.26 Å². The molecule has 0 aromatic carbocycles. The van der Waals surface area contributed by atoms with E-state index in [1.165, 1.54) is 0 Å². The second-order valence-corrected chi connectivity index (χ2v) is 4.44. The van der Waals surface area contributed by atoms with E-state index in [9.17, 15) is 4.21 Å². The van der Waals surface area contributed by atoms with Crippen LogP contribution >= 0.6 is 0 Å². The maximum atomic E-state index is 11.1. The first-order valence-electron chi connectivity index (χ1n) is 3.25. The Hall–Kier alpha value is -0.560. The average Bonchev–Trinajstić information content (AvgIpc) is 1.96. The van der Waals surface area contributed by atoms with E-state index in [-0.39, 0.29) is 0 Å². The maximum absolute atomic E-state index is 11.1. The summed E-state index contributed by atoms with van der Waals surface area (Å²) in [6, 6.07) is 2.05. The Labute approximate surface area is 62.3 Å². The van der Waals surface area contributed by atoms with Gasteiger partial charge in [0.1, 0.15) is 4.75 Å². The molecule has 0 N–H and O–H groups in total. The van der Waals surface area contributed by atoms with Gasteiger partial charge >= 0.3 is 0 Å². The molecule has 0 aliphatic carbocycles. The van der Waals surface area contributed by atoms with Gasteiger partial charge in [-0.25, -0.2) is 4.36 Å². The molecule has 0 aromatic rings. The molecule has 4 heteroatoms. The van der Waals surface area contributed by atoms with Crippen LogP contribution < -0.4 is 0 Å². The van der Waals surface area contributed by atoms with E-state index in [2.05, 4.69) is 10.4 Å². The maximum Gasteiger partial charge on any atom is 0.135 e. The summed E-state index contributed by atoms with van der Waals surface area (Å²) >= 11 is 0. The lowest BCUT2D eigenvalue weighted by atomic mass is 10.1. The van der Waals surface area contributed by atoms with Gasteiger partial charge in [-0.2, -0.15) is 5.26 Å². The normalized spacial score (nSPS) is 39.8. The number of nitrogens with zero attached hydrogens (tertiary/aromatic N) is 2. The minimum Gasteiger partial charge on any atom is -0.251 e. The molecule has 1 unspecified atom stereocenters. The van der Waals surface area contributed by atoms with E-state index in [0.29, 0.717) is 6.54 Å². The highest BCUT2D eigenvalue weighted by atomic mass is 32.2. The van der Waals surface area contributed by atoms with Crippen LogP contribution in [-0.4, -0.2) is 15.5 Å². The lowest BCUT2D eigenvalue weighted by Gasteiger charge is -2.19. The molecular weight excluding hydrogens is 148 g/mol. The molecule has 0 bridgehead atoms. The SMILES string of the molecule is C[C@@]1(C#N)CCCN=[SH]1=O. The Morgan fingerprint density at radius 2 is 2.50 bits per heavy atom. The molecular formula is C6H10N2OS. The molecule has 0 saturated carbocycles. The summed E-state index contributed by atoms with van der Waals surface area (Å²) in [5, 5.41) is 8.63. The fourth-order valence-electron chi connectivity index (χ4n) is 0.935. The molecule has 0 radical (unpaired) electrons. The summed E-state index contributed by atoms with van der Waals surface area (Å²) in [6.45, 7) is 2.38. The van der Waals surface area contributed by atoms with E-state index in [0.717, 1.165) is 12.8 Å². The number of hydrogen-bond donors (Lipinski definition) is 1. The molecule has 1 aliphatic heterocycles. The Kier molecular flexibility index (Phi) is 1.95. The highest BCUT2D eigenvalue weighted by molar-refractivity contribution is 7.76. The van der Waals surface area contributed by atoms with Crippen molar-refractivity contribution in [2.75, 3.05) is 6.54 Å². The van der Waals surface area contributed by atoms with Crippen LogP contribution in [0.2, 0.25) is 0 Å². The van der Waals surface area contributed by atoms with Crippen LogP contribution in [0, 0.1) is 11.3 Å². The van der Waals surface area contributed by atoms with Crippen LogP contribution in [0.15, 0.2) is 4.36 Å². The molecule has 10 heavy (non-hydrogen) atoms.